The quantitative estimate of drug-likeness (QED) is 0.503. The Bertz CT molecular complexity index is 987. The fourth-order valence-corrected chi connectivity index (χ4v) is 3.03. The smallest absolute Gasteiger partial charge is 0.283 e. The number of hydrogen-bond acceptors (Lipinski definition) is 6. The van der Waals surface area contributed by atoms with Crippen molar-refractivity contribution in [2.45, 2.75) is 13.5 Å². The predicted molar refractivity (Wildman–Crippen MR) is 103 cm³/mol. The lowest BCUT2D eigenvalue weighted by atomic mass is 10.2. The van der Waals surface area contributed by atoms with Crippen molar-refractivity contribution in [1.29, 1.82) is 0 Å². The van der Waals surface area contributed by atoms with Gasteiger partial charge in [-0.15, -0.1) is 0 Å². The second kappa shape index (κ2) is 8.41. The van der Waals surface area contributed by atoms with Gasteiger partial charge in [-0.2, -0.15) is 5.10 Å². The fourth-order valence-electron chi connectivity index (χ4n) is 2.31. The highest BCUT2D eigenvalue weighted by atomic mass is 32.1. The lowest BCUT2D eigenvalue weighted by Gasteiger charge is -2.07. The molecule has 0 aliphatic heterocycles. The third kappa shape index (κ3) is 4.89. The first-order valence-electron chi connectivity index (χ1n) is 8.05. The van der Waals surface area contributed by atoms with Crippen molar-refractivity contribution in [2.24, 2.45) is 5.10 Å². The van der Waals surface area contributed by atoms with Crippen LogP contribution in [0.3, 0.4) is 0 Å². The first-order valence-corrected chi connectivity index (χ1v) is 8.87. The number of thiazole rings is 1. The Balaban J connectivity index is 1.60. The summed E-state index contributed by atoms with van der Waals surface area (Å²) in [5.41, 5.74) is 9.79. The highest BCUT2D eigenvalue weighted by Crippen LogP contribution is 2.19. The van der Waals surface area contributed by atoms with Crippen LogP contribution in [0.5, 0.6) is 5.75 Å². The van der Waals surface area contributed by atoms with Crippen molar-refractivity contribution < 1.29 is 13.9 Å². The van der Waals surface area contributed by atoms with Gasteiger partial charge in [-0.05, 0) is 30.7 Å². The van der Waals surface area contributed by atoms with E-state index >= 15 is 0 Å². The standard InChI is InChI=1S/C19H17FN4O2S/c1-12-17(27-19(21)23-12)18(25)24-22-10-13-5-4-7-15(9-13)26-11-14-6-2-3-8-16(14)20/h2-10H,11H2,1H3,(H2,21,23)(H,24,25). The molecule has 0 saturated carbocycles. The Labute approximate surface area is 159 Å². The molecule has 1 aromatic heterocycles. The van der Waals surface area contributed by atoms with E-state index in [1.807, 2.05) is 6.07 Å². The third-order valence-corrected chi connectivity index (χ3v) is 4.59. The molecule has 0 saturated heterocycles. The number of rotatable bonds is 6. The number of benzene rings is 2. The molecule has 0 aliphatic rings. The van der Waals surface area contributed by atoms with E-state index < -0.39 is 0 Å². The number of carbonyl (C=O) groups excluding carboxylic acids is 1. The van der Waals surface area contributed by atoms with Crippen LogP contribution in [-0.4, -0.2) is 17.1 Å². The van der Waals surface area contributed by atoms with Gasteiger partial charge in [0.25, 0.3) is 5.91 Å². The molecule has 1 amide bonds. The number of nitrogens with zero attached hydrogens (tertiary/aromatic N) is 2. The largest absolute Gasteiger partial charge is 0.489 e. The molecule has 0 bridgehead atoms. The average Bonchev–Trinajstić information content (AvgIpc) is 3.00. The maximum absolute atomic E-state index is 13.6. The summed E-state index contributed by atoms with van der Waals surface area (Å²) in [6, 6.07) is 13.5. The van der Waals surface area contributed by atoms with E-state index in [4.69, 9.17) is 10.5 Å². The summed E-state index contributed by atoms with van der Waals surface area (Å²) in [4.78, 5) is 16.5. The SMILES string of the molecule is Cc1nc(N)sc1C(=O)NN=Cc1cccc(OCc2ccccc2F)c1. The van der Waals surface area contributed by atoms with Crippen LogP contribution in [0.4, 0.5) is 9.52 Å². The topological polar surface area (TPSA) is 89.6 Å². The van der Waals surface area contributed by atoms with Gasteiger partial charge in [0.05, 0.1) is 11.9 Å². The average molecular weight is 384 g/mol. The number of hydrogen-bond donors (Lipinski definition) is 2. The van der Waals surface area contributed by atoms with Gasteiger partial charge in [0, 0.05) is 5.56 Å². The number of hydrazone groups is 1. The van der Waals surface area contributed by atoms with Crippen LogP contribution in [0.25, 0.3) is 0 Å². The molecule has 3 aromatic rings. The van der Waals surface area contributed by atoms with E-state index in [1.54, 1.807) is 43.3 Å². The lowest BCUT2D eigenvalue weighted by Crippen LogP contribution is -2.17. The first kappa shape index (κ1) is 18.5. The number of amides is 1. The molecule has 0 spiro atoms. The Kier molecular flexibility index (Phi) is 5.77. The molecular formula is C19H17FN4O2S. The van der Waals surface area contributed by atoms with Crippen LogP contribution in [0.15, 0.2) is 53.6 Å². The van der Waals surface area contributed by atoms with Gasteiger partial charge in [0.15, 0.2) is 5.13 Å². The van der Waals surface area contributed by atoms with E-state index in [0.717, 1.165) is 16.9 Å². The van der Waals surface area contributed by atoms with Crippen LogP contribution < -0.4 is 15.9 Å². The number of halogens is 1. The highest BCUT2D eigenvalue weighted by Gasteiger charge is 2.13. The Morgan fingerprint density at radius 2 is 2.15 bits per heavy atom. The van der Waals surface area contributed by atoms with Gasteiger partial charge >= 0.3 is 0 Å². The molecular weight excluding hydrogens is 367 g/mol. The molecule has 138 valence electrons. The Morgan fingerprint density at radius 1 is 1.33 bits per heavy atom. The van der Waals surface area contributed by atoms with E-state index in [2.05, 4.69) is 15.5 Å². The summed E-state index contributed by atoms with van der Waals surface area (Å²) in [6.45, 7) is 1.83. The van der Waals surface area contributed by atoms with Gasteiger partial charge in [-0.1, -0.05) is 41.7 Å². The molecule has 3 N–H and O–H groups in total. The summed E-state index contributed by atoms with van der Waals surface area (Å²) in [5.74, 6) is -0.110. The second-order valence-electron chi connectivity index (χ2n) is 5.62. The van der Waals surface area contributed by atoms with E-state index in [1.165, 1.54) is 12.3 Å². The van der Waals surface area contributed by atoms with Crippen molar-refractivity contribution in [1.82, 2.24) is 10.4 Å². The van der Waals surface area contributed by atoms with Gasteiger partial charge in [-0.25, -0.2) is 14.8 Å². The minimum Gasteiger partial charge on any atom is -0.489 e. The maximum Gasteiger partial charge on any atom is 0.283 e. The summed E-state index contributed by atoms with van der Waals surface area (Å²) in [7, 11) is 0. The minimum absolute atomic E-state index is 0.121. The van der Waals surface area contributed by atoms with Crippen LogP contribution in [0.2, 0.25) is 0 Å². The van der Waals surface area contributed by atoms with E-state index in [-0.39, 0.29) is 18.3 Å². The number of nitrogens with one attached hydrogen (secondary N) is 1. The van der Waals surface area contributed by atoms with Crippen molar-refractivity contribution in [3.8, 4) is 5.75 Å². The zero-order valence-corrected chi connectivity index (χ0v) is 15.3. The summed E-state index contributed by atoms with van der Waals surface area (Å²) >= 11 is 1.11. The Morgan fingerprint density at radius 3 is 2.89 bits per heavy atom. The predicted octanol–water partition coefficient (Wildman–Crippen LogP) is 3.52. The van der Waals surface area contributed by atoms with Crippen molar-refractivity contribution >= 4 is 28.6 Å². The van der Waals surface area contributed by atoms with Gasteiger partial charge in [-0.3, -0.25) is 4.79 Å². The molecule has 0 unspecified atom stereocenters. The zero-order chi connectivity index (χ0) is 19.2. The maximum atomic E-state index is 13.6. The van der Waals surface area contributed by atoms with Crippen molar-refractivity contribution in [2.75, 3.05) is 5.73 Å². The molecule has 0 aliphatic carbocycles. The van der Waals surface area contributed by atoms with Crippen LogP contribution in [0, 0.1) is 12.7 Å². The van der Waals surface area contributed by atoms with Crippen molar-refractivity contribution in [3.63, 3.8) is 0 Å². The molecule has 8 heteroatoms. The molecule has 0 fully saturated rings. The molecule has 0 atom stereocenters. The number of carbonyl (C=O) groups is 1. The van der Waals surface area contributed by atoms with Gasteiger partial charge in [0.2, 0.25) is 0 Å². The Hall–Kier alpha value is -3.26. The first-order chi connectivity index (χ1) is 13.0. The molecule has 0 radical (unpaired) electrons. The molecule has 6 nitrogen and oxygen atoms in total. The summed E-state index contributed by atoms with van der Waals surface area (Å²) in [5, 5.41) is 4.27. The summed E-state index contributed by atoms with van der Waals surface area (Å²) < 4.78 is 19.3. The molecule has 27 heavy (non-hydrogen) atoms. The fraction of sp³-hybridized carbons (Fsp3) is 0.105. The number of aryl methyl sites for hydroxylation is 1. The number of anilines is 1. The van der Waals surface area contributed by atoms with Crippen LogP contribution >= 0.6 is 11.3 Å². The number of nitrogens with two attached hydrogens (primary N) is 1. The molecule has 1 heterocycles. The van der Waals surface area contributed by atoms with Crippen LogP contribution in [0.1, 0.15) is 26.5 Å². The molecule has 3 rings (SSSR count). The van der Waals surface area contributed by atoms with Crippen molar-refractivity contribution in [3.05, 3.63) is 76.0 Å². The number of aromatic nitrogens is 1. The normalized spacial score (nSPS) is 10.9. The minimum atomic E-state index is -0.370. The monoisotopic (exact) mass is 384 g/mol. The number of nitrogen functional groups attached to an aromatic ring is 1. The zero-order valence-electron chi connectivity index (χ0n) is 14.5. The van der Waals surface area contributed by atoms with Gasteiger partial charge in [0.1, 0.15) is 23.1 Å². The molecule has 2 aromatic carbocycles. The third-order valence-electron chi connectivity index (χ3n) is 3.61. The van der Waals surface area contributed by atoms with E-state index in [0.29, 0.717) is 27.0 Å². The van der Waals surface area contributed by atoms with Crippen LogP contribution in [-0.2, 0) is 6.61 Å². The number of ether oxygens (including phenoxy) is 1. The van der Waals surface area contributed by atoms with Gasteiger partial charge < -0.3 is 10.5 Å². The van der Waals surface area contributed by atoms with E-state index in [9.17, 15) is 9.18 Å². The summed E-state index contributed by atoms with van der Waals surface area (Å²) in [6.07, 6.45) is 1.49. The lowest BCUT2D eigenvalue weighted by molar-refractivity contribution is 0.0958. The second-order valence-corrected chi connectivity index (χ2v) is 6.65. The highest BCUT2D eigenvalue weighted by molar-refractivity contribution is 7.17.